The molecule has 5 rings (SSSR count). The van der Waals surface area contributed by atoms with E-state index in [0.717, 1.165) is 22.7 Å². The zero-order valence-corrected chi connectivity index (χ0v) is 21.1. The van der Waals surface area contributed by atoms with Crippen LogP contribution in [-0.2, 0) is 5.41 Å². The monoisotopic (exact) mass is 468 g/mol. The lowest BCUT2D eigenvalue weighted by Crippen LogP contribution is -2.12. The van der Waals surface area contributed by atoms with Crippen molar-refractivity contribution >= 4 is 22.7 Å². The van der Waals surface area contributed by atoms with E-state index in [-0.39, 0.29) is 5.41 Å². The van der Waals surface area contributed by atoms with Crippen LogP contribution in [0, 0.1) is 0 Å². The SMILES string of the molecule is CC(C)(C)c1cc(Nc2ccccc2-c2ccccc2)cc(Nc2ccccc2-c2ccccc2)c1. The Morgan fingerprint density at radius 1 is 0.444 bits per heavy atom. The van der Waals surface area contributed by atoms with E-state index in [1.165, 1.54) is 27.8 Å². The van der Waals surface area contributed by atoms with E-state index in [4.69, 9.17) is 0 Å². The van der Waals surface area contributed by atoms with Crippen LogP contribution in [0.5, 0.6) is 0 Å². The van der Waals surface area contributed by atoms with Crippen LogP contribution in [0.4, 0.5) is 22.7 Å². The molecule has 0 saturated carbocycles. The van der Waals surface area contributed by atoms with E-state index >= 15 is 0 Å². The van der Waals surface area contributed by atoms with Crippen molar-refractivity contribution in [3.05, 3.63) is 133 Å². The van der Waals surface area contributed by atoms with E-state index in [9.17, 15) is 0 Å². The molecule has 5 aromatic carbocycles. The smallest absolute Gasteiger partial charge is 0.0463 e. The second kappa shape index (κ2) is 10.1. The van der Waals surface area contributed by atoms with E-state index in [0.29, 0.717) is 0 Å². The van der Waals surface area contributed by atoms with Gasteiger partial charge in [0.15, 0.2) is 0 Å². The Balaban J connectivity index is 1.53. The molecule has 0 amide bonds. The van der Waals surface area contributed by atoms with Gasteiger partial charge in [0.05, 0.1) is 0 Å². The van der Waals surface area contributed by atoms with Gasteiger partial charge in [0, 0.05) is 33.9 Å². The van der Waals surface area contributed by atoms with E-state index in [1.54, 1.807) is 0 Å². The van der Waals surface area contributed by atoms with Crippen LogP contribution in [0.3, 0.4) is 0 Å². The van der Waals surface area contributed by atoms with Crippen molar-refractivity contribution in [2.24, 2.45) is 0 Å². The molecule has 0 spiro atoms. The summed E-state index contributed by atoms with van der Waals surface area (Å²) in [5, 5.41) is 7.43. The summed E-state index contributed by atoms with van der Waals surface area (Å²) in [7, 11) is 0. The fraction of sp³-hybridized carbons (Fsp3) is 0.118. The fourth-order valence-corrected chi connectivity index (χ4v) is 4.44. The maximum absolute atomic E-state index is 3.72. The summed E-state index contributed by atoms with van der Waals surface area (Å²) in [6.45, 7) is 6.77. The van der Waals surface area contributed by atoms with Gasteiger partial charge in [-0.25, -0.2) is 0 Å². The van der Waals surface area contributed by atoms with Gasteiger partial charge in [-0.3, -0.25) is 0 Å². The topological polar surface area (TPSA) is 24.1 Å². The van der Waals surface area contributed by atoms with Gasteiger partial charge in [0.1, 0.15) is 0 Å². The lowest BCUT2D eigenvalue weighted by atomic mass is 9.86. The number of nitrogens with one attached hydrogen (secondary N) is 2. The standard InChI is InChI=1S/C34H32N2/c1-34(2,3)27-22-28(35-32-20-12-10-18-30(32)25-14-6-4-7-15-25)24-29(23-27)36-33-21-13-11-19-31(33)26-16-8-5-9-17-26/h4-24,35-36H,1-3H3. The van der Waals surface area contributed by atoms with Gasteiger partial charge in [0.25, 0.3) is 0 Å². The van der Waals surface area contributed by atoms with Crippen LogP contribution in [0.15, 0.2) is 127 Å². The second-order valence-electron chi connectivity index (χ2n) is 10.1. The highest BCUT2D eigenvalue weighted by Gasteiger charge is 2.17. The van der Waals surface area contributed by atoms with Crippen molar-refractivity contribution in [2.75, 3.05) is 10.6 Å². The Hall–Kier alpha value is -4.30. The molecule has 0 unspecified atom stereocenters. The Morgan fingerprint density at radius 2 is 0.833 bits per heavy atom. The molecular weight excluding hydrogens is 436 g/mol. The predicted molar refractivity (Wildman–Crippen MR) is 155 cm³/mol. The molecule has 2 heteroatoms. The zero-order valence-electron chi connectivity index (χ0n) is 21.1. The molecule has 0 fully saturated rings. The number of hydrogen-bond donors (Lipinski definition) is 2. The summed E-state index contributed by atoms with van der Waals surface area (Å²) >= 11 is 0. The third kappa shape index (κ3) is 5.34. The van der Waals surface area contributed by atoms with Gasteiger partial charge in [-0.15, -0.1) is 0 Å². The van der Waals surface area contributed by atoms with Gasteiger partial charge in [0.2, 0.25) is 0 Å². The quantitative estimate of drug-likeness (QED) is 0.259. The molecule has 178 valence electrons. The number of benzene rings is 5. The summed E-state index contributed by atoms with van der Waals surface area (Å²) in [5.41, 5.74) is 10.3. The molecule has 0 saturated heterocycles. The van der Waals surface area contributed by atoms with E-state index in [1.807, 2.05) is 0 Å². The summed E-state index contributed by atoms with van der Waals surface area (Å²) < 4.78 is 0. The first-order chi connectivity index (χ1) is 17.5. The van der Waals surface area contributed by atoms with Gasteiger partial charge < -0.3 is 10.6 Å². The average molecular weight is 469 g/mol. The first-order valence-electron chi connectivity index (χ1n) is 12.5. The first kappa shape index (κ1) is 23.4. The molecular formula is C34H32N2. The van der Waals surface area contributed by atoms with Gasteiger partial charge in [-0.1, -0.05) is 118 Å². The highest BCUT2D eigenvalue weighted by molar-refractivity contribution is 5.84. The molecule has 0 heterocycles. The van der Waals surface area contributed by atoms with Crippen molar-refractivity contribution in [1.29, 1.82) is 0 Å². The van der Waals surface area contributed by atoms with Crippen LogP contribution in [0.1, 0.15) is 26.3 Å². The number of rotatable bonds is 6. The third-order valence-corrected chi connectivity index (χ3v) is 6.38. The third-order valence-electron chi connectivity index (χ3n) is 6.38. The largest absolute Gasteiger partial charge is 0.355 e. The maximum Gasteiger partial charge on any atom is 0.0463 e. The summed E-state index contributed by atoms with van der Waals surface area (Å²) in [6, 6.07) is 44.7. The highest BCUT2D eigenvalue weighted by Crippen LogP contribution is 2.36. The molecule has 0 aliphatic carbocycles. The van der Waals surface area contributed by atoms with Crippen LogP contribution in [-0.4, -0.2) is 0 Å². The van der Waals surface area contributed by atoms with Crippen molar-refractivity contribution in [1.82, 2.24) is 0 Å². The fourth-order valence-electron chi connectivity index (χ4n) is 4.44. The summed E-state index contributed by atoms with van der Waals surface area (Å²) in [6.07, 6.45) is 0. The summed E-state index contributed by atoms with van der Waals surface area (Å²) in [4.78, 5) is 0. The Bertz CT molecular complexity index is 1340. The normalized spacial score (nSPS) is 11.2. The number of anilines is 4. The second-order valence-corrected chi connectivity index (χ2v) is 10.1. The molecule has 0 aliphatic rings. The number of para-hydroxylation sites is 2. The van der Waals surface area contributed by atoms with E-state index < -0.39 is 0 Å². The van der Waals surface area contributed by atoms with Crippen LogP contribution < -0.4 is 10.6 Å². The molecule has 36 heavy (non-hydrogen) atoms. The predicted octanol–water partition coefficient (Wildman–Crippen LogP) is 9.81. The first-order valence-corrected chi connectivity index (χ1v) is 12.5. The minimum absolute atomic E-state index is 0.00597. The molecule has 0 aliphatic heterocycles. The Morgan fingerprint density at radius 3 is 1.25 bits per heavy atom. The lowest BCUT2D eigenvalue weighted by molar-refractivity contribution is 0.591. The van der Waals surface area contributed by atoms with Gasteiger partial charge in [-0.2, -0.15) is 0 Å². The molecule has 0 radical (unpaired) electrons. The van der Waals surface area contributed by atoms with Gasteiger partial charge >= 0.3 is 0 Å². The molecule has 2 nitrogen and oxygen atoms in total. The van der Waals surface area contributed by atoms with Crippen molar-refractivity contribution in [3.63, 3.8) is 0 Å². The van der Waals surface area contributed by atoms with Crippen LogP contribution >= 0.6 is 0 Å². The van der Waals surface area contributed by atoms with Crippen molar-refractivity contribution in [2.45, 2.75) is 26.2 Å². The molecule has 0 bridgehead atoms. The van der Waals surface area contributed by atoms with Crippen LogP contribution in [0.2, 0.25) is 0 Å². The molecule has 2 N–H and O–H groups in total. The number of hydrogen-bond acceptors (Lipinski definition) is 2. The zero-order chi connectivity index (χ0) is 25.0. The van der Waals surface area contributed by atoms with Crippen molar-refractivity contribution < 1.29 is 0 Å². The van der Waals surface area contributed by atoms with Crippen LogP contribution in [0.25, 0.3) is 22.3 Å². The molecule has 0 aromatic heterocycles. The minimum atomic E-state index is 0.00597. The van der Waals surface area contributed by atoms with Gasteiger partial charge in [-0.05, 0) is 52.4 Å². The average Bonchev–Trinajstić information content (AvgIpc) is 2.90. The van der Waals surface area contributed by atoms with Crippen molar-refractivity contribution in [3.8, 4) is 22.3 Å². The lowest BCUT2D eigenvalue weighted by Gasteiger charge is -2.23. The summed E-state index contributed by atoms with van der Waals surface area (Å²) in [5.74, 6) is 0. The maximum atomic E-state index is 3.72. The minimum Gasteiger partial charge on any atom is -0.355 e. The molecule has 0 atom stereocenters. The van der Waals surface area contributed by atoms with E-state index in [2.05, 4.69) is 159 Å². The highest BCUT2D eigenvalue weighted by atomic mass is 14.9. The Labute approximate surface area is 214 Å². The molecule has 5 aromatic rings. The Kier molecular flexibility index (Phi) is 6.60.